The Hall–Kier alpha value is -2.20. The third-order valence-electron chi connectivity index (χ3n) is 3.73. The van der Waals surface area contributed by atoms with E-state index in [4.69, 9.17) is 9.47 Å². The highest BCUT2D eigenvalue weighted by atomic mass is 16.7. The Morgan fingerprint density at radius 3 is 2.95 bits per heavy atom. The Morgan fingerprint density at radius 2 is 2.10 bits per heavy atom. The van der Waals surface area contributed by atoms with Crippen LogP contribution in [0.15, 0.2) is 36.4 Å². The molecule has 0 amide bonds. The largest absolute Gasteiger partial charge is 0.508 e. The van der Waals surface area contributed by atoms with Crippen LogP contribution in [-0.4, -0.2) is 11.9 Å². The first-order chi connectivity index (χ1) is 10.1. The third kappa shape index (κ3) is 2.81. The van der Waals surface area contributed by atoms with Crippen LogP contribution in [0.3, 0.4) is 0 Å². The monoisotopic (exact) mass is 285 g/mol. The normalized spacial score (nSPS) is 14.2. The van der Waals surface area contributed by atoms with E-state index in [2.05, 4.69) is 5.32 Å². The van der Waals surface area contributed by atoms with E-state index >= 15 is 0 Å². The maximum absolute atomic E-state index is 9.97. The number of nitrogens with one attached hydrogen (secondary N) is 1. The van der Waals surface area contributed by atoms with E-state index in [0.29, 0.717) is 12.3 Å². The first kappa shape index (κ1) is 13.8. The number of benzene rings is 2. The van der Waals surface area contributed by atoms with Crippen molar-refractivity contribution in [3.05, 3.63) is 53.1 Å². The van der Waals surface area contributed by atoms with Crippen molar-refractivity contribution in [3.8, 4) is 17.2 Å². The van der Waals surface area contributed by atoms with Crippen molar-refractivity contribution in [2.75, 3.05) is 6.79 Å². The van der Waals surface area contributed by atoms with Gasteiger partial charge >= 0.3 is 0 Å². The van der Waals surface area contributed by atoms with Crippen LogP contribution in [0.5, 0.6) is 17.2 Å². The zero-order chi connectivity index (χ0) is 14.8. The fourth-order valence-electron chi connectivity index (χ4n) is 2.52. The molecule has 4 heteroatoms. The third-order valence-corrected chi connectivity index (χ3v) is 3.73. The smallest absolute Gasteiger partial charge is 0.231 e. The Morgan fingerprint density at radius 1 is 1.24 bits per heavy atom. The number of fused-ring (bicyclic) bond motifs is 1. The van der Waals surface area contributed by atoms with Crippen LogP contribution in [0.4, 0.5) is 0 Å². The molecule has 0 saturated carbocycles. The number of para-hydroxylation sites is 1. The van der Waals surface area contributed by atoms with Gasteiger partial charge in [-0.05, 0) is 26.0 Å². The summed E-state index contributed by atoms with van der Waals surface area (Å²) in [6, 6.07) is 11.6. The van der Waals surface area contributed by atoms with Gasteiger partial charge < -0.3 is 19.9 Å². The highest BCUT2D eigenvalue weighted by molar-refractivity contribution is 5.48. The fraction of sp³-hybridized carbons (Fsp3) is 0.294. The van der Waals surface area contributed by atoms with Crippen molar-refractivity contribution in [3.63, 3.8) is 0 Å². The minimum absolute atomic E-state index is 0.0445. The quantitative estimate of drug-likeness (QED) is 0.905. The molecule has 1 aliphatic rings. The van der Waals surface area contributed by atoms with Gasteiger partial charge in [-0.25, -0.2) is 0 Å². The highest BCUT2D eigenvalue weighted by Gasteiger charge is 2.18. The van der Waals surface area contributed by atoms with Crippen molar-refractivity contribution >= 4 is 0 Å². The minimum Gasteiger partial charge on any atom is -0.508 e. The molecule has 21 heavy (non-hydrogen) atoms. The van der Waals surface area contributed by atoms with Crippen LogP contribution in [0, 0.1) is 6.92 Å². The molecule has 1 aliphatic heterocycles. The summed E-state index contributed by atoms with van der Waals surface area (Å²) in [5, 5.41) is 13.4. The molecule has 0 bridgehead atoms. The lowest BCUT2D eigenvalue weighted by atomic mass is 10.0. The number of aryl methyl sites for hydroxylation is 1. The summed E-state index contributed by atoms with van der Waals surface area (Å²) in [5.74, 6) is 1.92. The standard InChI is InChI=1S/C17H19NO3/c1-11-6-7-15(19)14(8-11)12(2)18-9-13-4-3-5-16-17(13)21-10-20-16/h3-8,12,18-19H,9-10H2,1-2H3. The second kappa shape index (κ2) is 5.66. The van der Waals surface area contributed by atoms with Crippen molar-refractivity contribution in [1.29, 1.82) is 0 Å². The Kier molecular flexibility index (Phi) is 3.71. The molecule has 110 valence electrons. The van der Waals surface area contributed by atoms with Gasteiger partial charge in [-0.1, -0.05) is 29.8 Å². The lowest BCUT2D eigenvalue weighted by Gasteiger charge is -2.17. The Bertz CT molecular complexity index is 654. The molecule has 0 aliphatic carbocycles. The van der Waals surface area contributed by atoms with E-state index in [9.17, 15) is 5.11 Å². The first-order valence-corrected chi connectivity index (χ1v) is 7.05. The molecule has 0 fully saturated rings. The molecule has 2 aromatic carbocycles. The summed E-state index contributed by atoms with van der Waals surface area (Å²) in [7, 11) is 0. The van der Waals surface area contributed by atoms with Crippen LogP contribution in [0.2, 0.25) is 0 Å². The molecule has 3 rings (SSSR count). The summed E-state index contributed by atoms with van der Waals surface area (Å²) >= 11 is 0. The molecule has 2 aromatic rings. The maximum Gasteiger partial charge on any atom is 0.231 e. The first-order valence-electron chi connectivity index (χ1n) is 7.05. The highest BCUT2D eigenvalue weighted by Crippen LogP contribution is 2.35. The average Bonchev–Trinajstić information content (AvgIpc) is 2.96. The molecule has 0 radical (unpaired) electrons. The molecule has 1 heterocycles. The van der Waals surface area contributed by atoms with E-state index in [1.807, 2.05) is 44.2 Å². The van der Waals surface area contributed by atoms with Crippen molar-refractivity contribution in [1.82, 2.24) is 5.32 Å². The summed E-state index contributed by atoms with van der Waals surface area (Å²) in [6.07, 6.45) is 0. The van der Waals surface area contributed by atoms with Gasteiger partial charge in [0, 0.05) is 23.7 Å². The van der Waals surface area contributed by atoms with Gasteiger partial charge in [0.1, 0.15) is 5.75 Å². The lowest BCUT2D eigenvalue weighted by molar-refractivity contribution is 0.173. The van der Waals surface area contributed by atoms with Crippen LogP contribution in [-0.2, 0) is 6.54 Å². The Labute approximate surface area is 124 Å². The predicted octanol–water partition coefficient (Wildman–Crippen LogP) is 3.28. The zero-order valence-corrected chi connectivity index (χ0v) is 12.2. The van der Waals surface area contributed by atoms with Crippen molar-refractivity contribution in [2.45, 2.75) is 26.4 Å². The van der Waals surface area contributed by atoms with Crippen LogP contribution in [0.1, 0.15) is 29.7 Å². The van der Waals surface area contributed by atoms with Gasteiger partial charge in [0.25, 0.3) is 0 Å². The number of phenolic OH excluding ortho intramolecular Hbond substituents is 1. The minimum atomic E-state index is 0.0445. The molecular formula is C17H19NO3. The lowest BCUT2D eigenvalue weighted by Crippen LogP contribution is -2.18. The van der Waals surface area contributed by atoms with Gasteiger partial charge in [-0.3, -0.25) is 0 Å². The number of hydrogen-bond donors (Lipinski definition) is 2. The summed E-state index contributed by atoms with van der Waals surface area (Å²) in [4.78, 5) is 0. The number of phenols is 1. The molecule has 2 N–H and O–H groups in total. The van der Waals surface area contributed by atoms with Gasteiger partial charge in [0.05, 0.1) is 0 Å². The van der Waals surface area contributed by atoms with Gasteiger partial charge in [0.2, 0.25) is 6.79 Å². The molecule has 1 atom stereocenters. The van der Waals surface area contributed by atoms with E-state index in [0.717, 1.165) is 28.2 Å². The predicted molar refractivity (Wildman–Crippen MR) is 80.7 cm³/mol. The fourth-order valence-corrected chi connectivity index (χ4v) is 2.52. The molecule has 0 spiro atoms. The molecule has 0 saturated heterocycles. The average molecular weight is 285 g/mol. The van der Waals surface area contributed by atoms with E-state index in [-0.39, 0.29) is 12.8 Å². The van der Waals surface area contributed by atoms with Gasteiger partial charge in [-0.2, -0.15) is 0 Å². The number of ether oxygens (including phenoxy) is 2. The zero-order valence-electron chi connectivity index (χ0n) is 12.2. The summed E-state index contributed by atoms with van der Waals surface area (Å²) in [5.41, 5.74) is 3.09. The van der Waals surface area contributed by atoms with Crippen molar-refractivity contribution < 1.29 is 14.6 Å². The van der Waals surface area contributed by atoms with Crippen LogP contribution < -0.4 is 14.8 Å². The second-order valence-electron chi connectivity index (χ2n) is 5.32. The molecule has 4 nitrogen and oxygen atoms in total. The topological polar surface area (TPSA) is 50.7 Å². The summed E-state index contributed by atoms with van der Waals surface area (Å²) in [6.45, 7) is 4.99. The van der Waals surface area contributed by atoms with Gasteiger partial charge in [-0.15, -0.1) is 0 Å². The molecule has 1 unspecified atom stereocenters. The number of aromatic hydroxyl groups is 1. The van der Waals surface area contributed by atoms with Crippen molar-refractivity contribution in [2.24, 2.45) is 0 Å². The Balaban J connectivity index is 1.73. The number of hydrogen-bond acceptors (Lipinski definition) is 4. The second-order valence-corrected chi connectivity index (χ2v) is 5.32. The van der Waals surface area contributed by atoms with E-state index in [1.54, 1.807) is 6.07 Å². The summed E-state index contributed by atoms with van der Waals surface area (Å²) < 4.78 is 10.9. The van der Waals surface area contributed by atoms with Crippen LogP contribution >= 0.6 is 0 Å². The molecule has 0 aromatic heterocycles. The maximum atomic E-state index is 9.97. The van der Waals surface area contributed by atoms with Gasteiger partial charge in [0.15, 0.2) is 11.5 Å². The van der Waals surface area contributed by atoms with Crippen LogP contribution in [0.25, 0.3) is 0 Å². The SMILES string of the molecule is Cc1ccc(O)c(C(C)NCc2cccc3c2OCO3)c1. The van der Waals surface area contributed by atoms with E-state index in [1.165, 1.54) is 0 Å². The molecular weight excluding hydrogens is 266 g/mol. The number of rotatable bonds is 4. The van der Waals surface area contributed by atoms with E-state index < -0.39 is 0 Å².